The van der Waals surface area contributed by atoms with Gasteiger partial charge in [-0.05, 0) is 44.0 Å². The predicted octanol–water partition coefficient (Wildman–Crippen LogP) is 4.10. The average molecular weight is 381 g/mol. The van der Waals surface area contributed by atoms with E-state index in [1.165, 1.54) is 6.92 Å². The van der Waals surface area contributed by atoms with Gasteiger partial charge in [0.1, 0.15) is 5.82 Å². The highest BCUT2D eigenvalue weighted by atomic mass is 16.5. The molecule has 28 heavy (non-hydrogen) atoms. The molecule has 1 amide bonds. The maximum Gasteiger partial charge on any atom is 0.217 e. The third kappa shape index (κ3) is 4.63. The number of hydrogen-bond acceptors (Lipinski definition) is 4. The van der Waals surface area contributed by atoms with Gasteiger partial charge >= 0.3 is 0 Å². The first-order valence-corrected chi connectivity index (χ1v) is 9.58. The Kier molecular flexibility index (Phi) is 6.53. The highest BCUT2D eigenvalue weighted by molar-refractivity contribution is 5.77. The number of para-hydroxylation sites is 4. The fourth-order valence-corrected chi connectivity index (χ4v) is 3.32. The van der Waals surface area contributed by atoms with Crippen LogP contribution in [0, 0.1) is 0 Å². The molecule has 2 aromatic carbocycles. The van der Waals surface area contributed by atoms with Gasteiger partial charge in [-0.2, -0.15) is 0 Å². The average Bonchev–Trinajstić information content (AvgIpc) is 3.06. The first kappa shape index (κ1) is 19.7. The zero-order chi connectivity index (χ0) is 19.9. The van der Waals surface area contributed by atoms with Crippen LogP contribution in [0.15, 0.2) is 48.5 Å². The molecular formula is C22H27N3O3. The highest BCUT2D eigenvalue weighted by Crippen LogP contribution is 2.26. The molecule has 0 bridgehead atoms. The van der Waals surface area contributed by atoms with Crippen molar-refractivity contribution in [2.24, 2.45) is 0 Å². The monoisotopic (exact) mass is 381 g/mol. The van der Waals surface area contributed by atoms with E-state index in [-0.39, 0.29) is 11.9 Å². The molecule has 1 heterocycles. The van der Waals surface area contributed by atoms with Gasteiger partial charge in [-0.1, -0.05) is 24.3 Å². The van der Waals surface area contributed by atoms with Gasteiger partial charge in [0.05, 0.1) is 30.8 Å². The van der Waals surface area contributed by atoms with Crippen molar-refractivity contribution in [2.75, 3.05) is 13.7 Å². The van der Waals surface area contributed by atoms with E-state index >= 15 is 0 Å². The lowest BCUT2D eigenvalue weighted by Crippen LogP contribution is -2.26. The van der Waals surface area contributed by atoms with Gasteiger partial charge in [-0.3, -0.25) is 4.79 Å². The lowest BCUT2D eigenvalue weighted by molar-refractivity contribution is -0.119. The zero-order valence-corrected chi connectivity index (χ0v) is 16.6. The van der Waals surface area contributed by atoms with Crippen molar-refractivity contribution in [3.63, 3.8) is 0 Å². The van der Waals surface area contributed by atoms with E-state index in [2.05, 4.69) is 16.0 Å². The molecule has 0 spiro atoms. The van der Waals surface area contributed by atoms with Gasteiger partial charge in [0, 0.05) is 13.5 Å². The van der Waals surface area contributed by atoms with Crippen LogP contribution in [0.5, 0.6) is 11.5 Å². The van der Waals surface area contributed by atoms with Crippen molar-refractivity contribution in [1.82, 2.24) is 14.9 Å². The van der Waals surface area contributed by atoms with Gasteiger partial charge in [0.25, 0.3) is 0 Å². The minimum absolute atomic E-state index is 0.0590. The largest absolute Gasteiger partial charge is 0.493 e. The van der Waals surface area contributed by atoms with E-state index in [9.17, 15) is 4.79 Å². The fourth-order valence-electron chi connectivity index (χ4n) is 3.32. The first-order valence-electron chi connectivity index (χ1n) is 9.58. The number of unbranched alkanes of at least 4 members (excludes halogenated alkanes) is 1. The Balaban J connectivity index is 1.64. The molecule has 1 unspecified atom stereocenters. The van der Waals surface area contributed by atoms with Gasteiger partial charge in [0.15, 0.2) is 11.5 Å². The van der Waals surface area contributed by atoms with Crippen LogP contribution in [-0.4, -0.2) is 29.2 Å². The molecular weight excluding hydrogens is 354 g/mol. The predicted molar refractivity (Wildman–Crippen MR) is 110 cm³/mol. The molecule has 0 radical (unpaired) electrons. The molecule has 0 saturated heterocycles. The minimum atomic E-state index is -0.144. The highest BCUT2D eigenvalue weighted by Gasteiger charge is 2.17. The van der Waals surface area contributed by atoms with E-state index < -0.39 is 0 Å². The van der Waals surface area contributed by atoms with E-state index in [1.807, 2.05) is 49.4 Å². The summed E-state index contributed by atoms with van der Waals surface area (Å²) in [5, 5.41) is 2.94. The first-order chi connectivity index (χ1) is 13.6. The van der Waals surface area contributed by atoms with Gasteiger partial charge in [0.2, 0.25) is 5.91 Å². The van der Waals surface area contributed by atoms with Crippen molar-refractivity contribution in [2.45, 2.75) is 39.3 Å². The van der Waals surface area contributed by atoms with Crippen molar-refractivity contribution >= 4 is 16.9 Å². The molecule has 0 saturated carbocycles. The number of nitrogens with one attached hydrogen (secondary N) is 1. The summed E-state index contributed by atoms with van der Waals surface area (Å²) in [5.41, 5.74) is 2.03. The third-order valence-corrected chi connectivity index (χ3v) is 4.59. The normalized spacial score (nSPS) is 12.0. The molecule has 1 atom stereocenters. The molecule has 3 aromatic rings. The number of carbonyl (C=O) groups excluding carboxylic acids is 1. The van der Waals surface area contributed by atoms with Crippen LogP contribution in [0.4, 0.5) is 0 Å². The second-order valence-electron chi connectivity index (χ2n) is 6.74. The number of nitrogens with zero attached hydrogens (tertiary/aromatic N) is 2. The fraction of sp³-hybridized carbons (Fsp3) is 0.364. The summed E-state index contributed by atoms with van der Waals surface area (Å²) in [6, 6.07) is 15.6. The summed E-state index contributed by atoms with van der Waals surface area (Å²) in [6.45, 7) is 4.92. The standard InChI is InChI=1S/C22H27N3O3/c1-16(23-17(2)26)22-24-18-10-4-5-11-19(18)25(22)14-8-9-15-28-21-13-7-6-12-20(21)27-3/h4-7,10-13,16H,8-9,14-15H2,1-3H3,(H,23,26). The van der Waals surface area contributed by atoms with Crippen LogP contribution >= 0.6 is 0 Å². The SMILES string of the molecule is COc1ccccc1OCCCCn1c(C(C)NC(C)=O)nc2ccccc21. The summed E-state index contributed by atoms with van der Waals surface area (Å²) in [5.74, 6) is 2.32. The summed E-state index contributed by atoms with van der Waals surface area (Å²) in [6.07, 6.45) is 1.84. The third-order valence-electron chi connectivity index (χ3n) is 4.59. The molecule has 6 nitrogen and oxygen atoms in total. The van der Waals surface area contributed by atoms with Crippen molar-refractivity contribution < 1.29 is 14.3 Å². The number of rotatable bonds is 9. The Hall–Kier alpha value is -3.02. The van der Waals surface area contributed by atoms with Crippen LogP contribution in [0.25, 0.3) is 11.0 Å². The molecule has 0 aliphatic carbocycles. The number of aromatic nitrogens is 2. The number of methoxy groups -OCH3 is 1. The van der Waals surface area contributed by atoms with E-state index in [0.717, 1.165) is 47.7 Å². The molecule has 1 N–H and O–H groups in total. The quantitative estimate of drug-likeness (QED) is 0.567. The zero-order valence-electron chi connectivity index (χ0n) is 16.6. The Morgan fingerprint density at radius 3 is 2.57 bits per heavy atom. The van der Waals surface area contributed by atoms with Crippen LogP contribution in [0.1, 0.15) is 38.6 Å². The maximum atomic E-state index is 11.5. The Morgan fingerprint density at radius 1 is 1.11 bits per heavy atom. The molecule has 0 fully saturated rings. The van der Waals surface area contributed by atoms with Crippen molar-refractivity contribution in [1.29, 1.82) is 0 Å². The number of ether oxygens (including phenoxy) is 2. The number of imidazole rings is 1. The molecule has 1 aromatic heterocycles. The molecule has 148 valence electrons. The molecule has 0 aliphatic heterocycles. The summed E-state index contributed by atoms with van der Waals surface area (Å²) >= 11 is 0. The van der Waals surface area contributed by atoms with Crippen LogP contribution in [0.2, 0.25) is 0 Å². The summed E-state index contributed by atoms with van der Waals surface area (Å²) in [4.78, 5) is 16.2. The lowest BCUT2D eigenvalue weighted by Gasteiger charge is -2.15. The van der Waals surface area contributed by atoms with Crippen LogP contribution in [0.3, 0.4) is 0 Å². The maximum absolute atomic E-state index is 11.5. The van der Waals surface area contributed by atoms with Crippen molar-refractivity contribution in [3.8, 4) is 11.5 Å². The number of fused-ring (bicyclic) bond motifs is 1. The van der Waals surface area contributed by atoms with Crippen LogP contribution in [-0.2, 0) is 11.3 Å². The smallest absolute Gasteiger partial charge is 0.217 e. The van der Waals surface area contributed by atoms with E-state index in [1.54, 1.807) is 7.11 Å². The molecule has 0 aliphatic rings. The lowest BCUT2D eigenvalue weighted by atomic mass is 10.2. The van der Waals surface area contributed by atoms with Gasteiger partial charge in [-0.15, -0.1) is 0 Å². The summed E-state index contributed by atoms with van der Waals surface area (Å²) < 4.78 is 13.4. The Morgan fingerprint density at radius 2 is 1.82 bits per heavy atom. The second-order valence-corrected chi connectivity index (χ2v) is 6.74. The number of carbonyl (C=O) groups is 1. The number of benzene rings is 2. The van der Waals surface area contributed by atoms with Gasteiger partial charge in [-0.25, -0.2) is 4.98 Å². The number of hydrogen-bond donors (Lipinski definition) is 1. The molecule has 6 heteroatoms. The number of aryl methyl sites for hydroxylation is 1. The Labute approximate surface area is 165 Å². The number of amides is 1. The molecule has 3 rings (SSSR count). The Bertz CT molecular complexity index is 936. The minimum Gasteiger partial charge on any atom is -0.493 e. The second kappa shape index (κ2) is 9.26. The van der Waals surface area contributed by atoms with Crippen LogP contribution < -0.4 is 14.8 Å². The topological polar surface area (TPSA) is 65.4 Å². The van der Waals surface area contributed by atoms with Crippen molar-refractivity contribution in [3.05, 3.63) is 54.4 Å². The van der Waals surface area contributed by atoms with E-state index in [4.69, 9.17) is 14.5 Å². The van der Waals surface area contributed by atoms with E-state index in [0.29, 0.717) is 6.61 Å². The van der Waals surface area contributed by atoms with Gasteiger partial charge < -0.3 is 19.4 Å². The summed E-state index contributed by atoms with van der Waals surface area (Å²) in [7, 11) is 1.64.